The molecule has 4 rings (SSSR count). The van der Waals surface area contributed by atoms with Gasteiger partial charge in [0.25, 0.3) is 0 Å². The molecule has 3 aromatic rings. The van der Waals surface area contributed by atoms with Crippen molar-refractivity contribution in [2.75, 3.05) is 26.2 Å². The van der Waals surface area contributed by atoms with Crippen LogP contribution in [0.4, 0.5) is 0 Å². The van der Waals surface area contributed by atoms with Gasteiger partial charge in [-0.1, -0.05) is 49.3 Å². The molecule has 1 aromatic carbocycles. The molecule has 0 bridgehead atoms. The normalized spacial score (nSPS) is 14.9. The van der Waals surface area contributed by atoms with E-state index in [1.807, 2.05) is 23.1 Å². The summed E-state index contributed by atoms with van der Waals surface area (Å²) in [5.74, 6) is 1.62. The van der Waals surface area contributed by atoms with Crippen LogP contribution in [0.25, 0.3) is 11.5 Å². The Kier molecular flexibility index (Phi) is 6.72. The van der Waals surface area contributed by atoms with E-state index in [4.69, 9.17) is 4.52 Å². The highest BCUT2D eigenvalue weighted by Crippen LogP contribution is 2.17. The summed E-state index contributed by atoms with van der Waals surface area (Å²) in [6, 6.07) is 14.4. The molecule has 31 heavy (non-hydrogen) atoms. The average molecular weight is 420 g/mol. The van der Waals surface area contributed by atoms with E-state index in [9.17, 15) is 4.79 Å². The quantitative estimate of drug-likeness (QED) is 0.583. The topological polar surface area (TPSA) is 75.4 Å². The number of piperazine rings is 1. The molecule has 1 saturated heterocycles. The molecule has 1 aliphatic rings. The van der Waals surface area contributed by atoms with Gasteiger partial charge < -0.3 is 9.42 Å². The van der Waals surface area contributed by atoms with Crippen molar-refractivity contribution in [3.8, 4) is 11.5 Å². The fraction of sp³-hybridized carbons (Fsp3) is 0.417. The second-order valence-corrected chi connectivity index (χ2v) is 8.28. The number of pyridine rings is 1. The van der Waals surface area contributed by atoms with Crippen LogP contribution in [0.2, 0.25) is 0 Å². The van der Waals surface area contributed by atoms with E-state index in [-0.39, 0.29) is 5.91 Å². The zero-order valence-electron chi connectivity index (χ0n) is 18.2. The molecular formula is C24H29N5O2. The first-order valence-electron chi connectivity index (χ1n) is 10.9. The van der Waals surface area contributed by atoms with Gasteiger partial charge >= 0.3 is 0 Å². The molecule has 0 saturated carbocycles. The minimum atomic E-state index is 0.138. The summed E-state index contributed by atoms with van der Waals surface area (Å²) < 4.78 is 5.28. The molecule has 7 nitrogen and oxygen atoms in total. The fourth-order valence-corrected chi connectivity index (χ4v) is 3.75. The maximum absolute atomic E-state index is 12.6. The van der Waals surface area contributed by atoms with Crippen molar-refractivity contribution >= 4 is 5.91 Å². The van der Waals surface area contributed by atoms with Gasteiger partial charge in [-0.05, 0) is 29.2 Å². The SMILES string of the molecule is CC(C)c1ccc(CN2CCN(C(=O)CCc3nc(-c4ccccn4)no3)CC2)cc1. The molecule has 0 radical (unpaired) electrons. The first kappa shape index (κ1) is 21.2. The van der Waals surface area contributed by atoms with E-state index in [0.29, 0.717) is 36.2 Å². The van der Waals surface area contributed by atoms with Gasteiger partial charge in [-0.2, -0.15) is 4.98 Å². The summed E-state index contributed by atoms with van der Waals surface area (Å²) >= 11 is 0. The largest absolute Gasteiger partial charge is 0.340 e. The highest BCUT2D eigenvalue weighted by atomic mass is 16.5. The van der Waals surface area contributed by atoms with E-state index in [1.165, 1.54) is 11.1 Å². The second kappa shape index (κ2) is 9.83. The Morgan fingerprint density at radius 1 is 1.06 bits per heavy atom. The van der Waals surface area contributed by atoms with Crippen molar-refractivity contribution in [2.45, 2.75) is 39.2 Å². The zero-order chi connectivity index (χ0) is 21.6. The molecule has 3 heterocycles. The molecular weight excluding hydrogens is 390 g/mol. The van der Waals surface area contributed by atoms with E-state index in [0.717, 1.165) is 32.7 Å². The number of carbonyl (C=O) groups excluding carboxylic acids is 1. The predicted octanol–water partition coefficient (Wildman–Crippen LogP) is 3.53. The van der Waals surface area contributed by atoms with Crippen LogP contribution in [0.1, 0.15) is 43.2 Å². The molecule has 162 valence electrons. The number of benzene rings is 1. The summed E-state index contributed by atoms with van der Waals surface area (Å²) in [7, 11) is 0. The molecule has 0 N–H and O–H groups in total. The lowest BCUT2D eigenvalue weighted by atomic mass is 10.0. The van der Waals surface area contributed by atoms with Crippen LogP contribution in [-0.4, -0.2) is 57.0 Å². The van der Waals surface area contributed by atoms with Crippen LogP contribution in [0.15, 0.2) is 53.2 Å². The van der Waals surface area contributed by atoms with Crippen LogP contribution < -0.4 is 0 Å². The summed E-state index contributed by atoms with van der Waals surface area (Å²) in [5, 5.41) is 3.96. The molecule has 1 aliphatic heterocycles. The number of aromatic nitrogens is 3. The molecule has 0 spiro atoms. The minimum Gasteiger partial charge on any atom is -0.340 e. The number of carbonyl (C=O) groups is 1. The van der Waals surface area contributed by atoms with Crippen molar-refractivity contribution < 1.29 is 9.32 Å². The van der Waals surface area contributed by atoms with Gasteiger partial charge in [0.05, 0.1) is 0 Å². The van der Waals surface area contributed by atoms with Crippen molar-refractivity contribution in [1.82, 2.24) is 24.9 Å². The maximum atomic E-state index is 12.6. The van der Waals surface area contributed by atoms with Crippen molar-refractivity contribution in [3.05, 3.63) is 65.7 Å². The minimum absolute atomic E-state index is 0.138. The lowest BCUT2D eigenvalue weighted by molar-refractivity contribution is -0.133. The van der Waals surface area contributed by atoms with Crippen LogP contribution in [-0.2, 0) is 17.8 Å². The first-order valence-corrected chi connectivity index (χ1v) is 10.9. The third-order valence-electron chi connectivity index (χ3n) is 5.69. The Labute approximate surface area is 183 Å². The molecule has 0 unspecified atom stereocenters. The summed E-state index contributed by atoms with van der Waals surface area (Å²) in [6.07, 6.45) is 2.51. The highest BCUT2D eigenvalue weighted by Gasteiger charge is 2.22. The molecule has 1 fully saturated rings. The van der Waals surface area contributed by atoms with Gasteiger partial charge in [-0.3, -0.25) is 14.7 Å². The van der Waals surface area contributed by atoms with Crippen LogP contribution >= 0.6 is 0 Å². The predicted molar refractivity (Wildman–Crippen MR) is 118 cm³/mol. The lowest BCUT2D eigenvalue weighted by Gasteiger charge is -2.34. The van der Waals surface area contributed by atoms with Crippen molar-refractivity contribution in [1.29, 1.82) is 0 Å². The standard InChI is InChI=1S/C24H29N5O2/c1-18(2)20-8-6-19(7-9-20)17-28-13-15-29(16-14-28)23(30)11-10-22-26-24(27-31-22)21-5-3-4-12-25-21/h3-9,12,18H,10-11,13-17H2,1-2H3. The van der Waals surface area contributed by atoms with Crippen molar-refractivity contribution in [2.24, 2.45) is 0 Å². The van der Waals surface area contributed by atoms with E-state index in [1.54, 1.807) is 6.20 Å². The Hall–Kier alpha value is -3.06. The third kappa shape index (κ3) is 5.55. The monoisotopic (exact) mass is 419 g/mol. The highest BCUT2D eigenvalue weighted by molar-refractivity contribution is 5.76. The molecule has 0 atom stereocenters. The zero-order valence-corrected chi connectivity index (χ0v) is 18.2. The summed E-state index contributed by atoms with van der Waals surface area (Å²) in [5.41, 5.74) is 3.36. The van der Waals surface area contributed by atoms with Gasteiger partial charge in [0.2, 0.25) is 17.6 Å². The summed E-state index contributed by atoms with van der Waals surface area (Å²) in [6.45, 7) is 8.65. The van der Waals surface area contributed by atoms with Gasteiger partial charge in [-0.15, -0.1) is 0 Å². The fourth-order valence-electron chi connectivity index (χ4n) is 3.75. The van der Waals surface area contributed by atoms with Gasteiger partial charge in [0.1, 0.15) is 5.69 Å². The molecule has 2 aromatic heterocycles. The van der Waals surface area contributed by atoms with Crippen LogP contribution in [0.3, 0.4) is 0 Å². The number of hydrogen-bond donors (Lipinski definition) is 0. The number of hydrogen-bond acceptors (Lipinski definition) is 6. The molecule has 1 amide bonds. The molecule has 7 heteroatoms. The van der Waals surface area contributed by atoms with E-state index >= 15 is 0 Å². The maximum Gasteiger partial charge on any atom is 0.227 e. The summed E-state index contributed by atoms with van der Waals surface area (Å²) in [4.78, 5) is 25.5. The van der Waals surface area contributed by atoms with Gasteiger partial charge in [0, 0.05) is 51.8 Å². The number of rotatable bonds is 7. The van der Waals surface area contributed by atoms with Crippen LogP contribution in [0.5, 0.6) is 0 Å². The number of aryl methyl sites for hydroxylation is 1. The number of amides is 1. The second-order valence-electron chi connectivity index (χ2n) is 8.28. The third-order valence-corrected chi connectivity index (χ3v) is 5.69. The first-order chi connectivity index (χ1) is 15.1. The van der Waals surface area contributed by atoms with E-state index < -0.39 is 0 Å². The lowest BCUT2D eigenvalue weighted by Crippen LogP contribution is -2.48. The Morgan fingerprint density at radius 3 is 2.52 bits per heavy atom. The van der Waals surface area contributed by atoms with Crippen LogP contribution in [0, 0.1) is 0 Å². The van der Waals surface area contributed by atoms with Gasteiger partial charge in [-0.25, -0.2) is 0 Å². The Balaban J connectivity index is 1.22. The molecule has 0 aliphatic carbocycles. The Bertz CT molecular complexity index is 977. The van der Waals surface area contributed by atoms with Crippen molar-refractivity contribution in [3.63, 3.8) is 0 Å². The van der Waals surface area contributed by atoms with E-state index in [2.05, 4.69) is 58.1 Å². The Morgan fingerprint density at radius 2 is 1.84 bits per heavy atom. The smallest absolute Gasteiger partial charge is 0.227 e. The number of nitrogens with zero attached hydrogens (tertiary/aromatic N) is 5. The average Bonchev–Trinajstić information content (AvgIpc) is 3.28. The van der Waals surface area contributed by atoms with Gasteiger partial charge in [0.15, 0.2) is 0 Å².